The van der Waals surface area contributed by atoms with Gasteiger partial charge in [0, 0.05) is 0 Å². The maximum Gasteiger partial charge on any atom is 1.00 e. The van der Waals surface area contributed by atoms with Crippen LogP contribution in [0, 0.1) is 6.92 Å². The number of aliphatic carboxylic acids is 2. The Morgan fingerprint density at radius 3 is 1.58 bits per heavy atom. The van der Waals surface area contributed by atoms with Gasteiger partial charge in [-0.05, 0) is 25.7 Å². The van der Waals surface area contributed by atoms with Crippen LogP contribution in [0.5, 0.6) is 0 Å². The average Bonchev–Trinajstić information content (AvgIpc) is 2.66. The van der Waals surface area contributed by atoms with Crippen LogP contribution < -0.4 is 29.6 Å². The SMILES string of the molecule is O=C(O)CC(C(=O)O)S(=O)(=O)O.[CH2-]CCCCCCC/C=C\CCCCCCCC.[Na+]. The van der Waals surface area contributed by atoms with Gasteiger partial charge >= 0.3 is 41.5 Å². The summed E-state index contributed by atoms with van der Waals surface area (Å²) in [7, 11) is -4.84. The van der Waals surface area contributed by atoms with Gasteiger partial charge in [0.05, 0.1) is 6.42 Å². The van der Waals surface area contributed by atoms with Crippen LogP contribution in [0.25, 0.3) is 0 Å². The molecule has 3 N–H and O–H groups in total. The molecular formula is C22H41NaO7S. The standard InChI is InChI=1S/C18H35.C4H6O7S.Na/c1-3-5-7-9-11-13-15-17-18-16-14-12-10-8-6-4-2;5-3(6)1-2(4(7)8)12(9,10)11;/h17-18H,1,3-16H2,2H3;2H,1H2,(H,5,6)(H,7,8)(H,9,10,11);/q-1;;+1/b18-17-;;. The molecule has 0 spiro atoms. The van der Waals surface area contributed by atoms with Crippen molar-refractivity contribution in [2.45, 2.75) is 108 Å². The van der Waals surface area contributed by atoms with Crippen molar-refractivity contribution in [1.82, 2.24) is 0 Å². The fourth-order valence-electron chi connectivity index (χ4n) is 2.73. The molecule has 0 bridgehead atoms. The molecule has 0 fully saturated rings. The summed E-state index contributed by atoms with van der Waals surface area (Å²) in [5.41, 5.74) is 0. The molecule has 7 nitrogen and oxygen atoms in total. The van der Waals surface area contributed by atoms with Gasteiger partial charge in [0.15, 0.2) is 5.25 Å². The number of rotatable bonds is 18. The van der Waals surface area contributed by atoms with Crippen LogP contribution >= 0.6 is 0 Å². The number of carboxylic acids is 2. The minimum atomic E-state index is -4.84. The van der Waals surface area contributed by atoms with Crippen LogP contribution in [0.4, 0.5) is 0 Å². The third-order valence-electron chi connectivity index (χ3n) is 4.51. The first-order valence-corrected chi connectivity index (χ1v) is 12.5. The van der Waals surface area contributed by atoms with Crippen molar-refractivity contribution in [2.24, 2.45) is 0 Å². The van der Waals surface area contributed by atoms with Crippen molar-refractivity contribution in [3.63, 3.8) is 0 Å². The minimum Gasteiger partial charge on any atom is -0.481 e. The minimum absolute atomic E-state index is 0. The zero-order valence-corrected chi connectivity index (χ0v) is 22.2. The Hall–Kier alpha value is -0.410. The molecule has 0 amide bonds. The summed E-state index contributed by atoms with van der Waals surface area (Å²) in [6, 6.07) is 0. The number of carboxylic acid groups (broad SMARTS) is 2. The van der Waals surface area contributed by atoms with Gasteiger partial charge < -0.3 is 17.1 Å². The van der Waals surface area contributed by atoms with E-state index >= 15 is 0 Å². The van der Waals surface area contributed by atoms with Gasteiger partial charge in [-0.25, -0.2) is 0 Å². The Labute approximate surface area is 211 Å². The summed E-state index contributed by atoms with van der Waals surface area (Å²) in [6.07, 6.45) is 22.7. The molecule has 1 atom stereocenters. The monoisotopic (exact) mass is 472 g/mol. The molecule has 1 unspecified atom stereocenters. The van der Waals surface area contributed by atoms with Crippen molar-refractivity contribution in [3.8, 4) is 0 Å². The predicted octanol–water partition coefficient (Wildman–Crippen LogP) is 2.66. The maximum atomic E-state index is 10.2. The Bertz CT molecular complexity index is 544. The second-order valence-corrected chi connectivity index (χ2v) is 8.98. The van der Waals surface area contributed by atoms with Gasteiger partial charge in [-0.3, -0.25) is 14.1 Å². The second-order valence-electron chi connectivity index (χ2n) is 7.38. The van der Waals surface area contributed by atoms with Crippen LogP contribution in [0.15, 0.2) is 12.2 Å². The molecule has 0 saturated heterocycles. The van der Waals surface area contributed by atoms with Crippen LogP contribution in [-0.4, -0.2) is 40.4 Å². The average molecular weight is 473 g/mol. The van der Waals surface area contributed by atoms with Crippen molar-refractivity contribution in [1.29, 1.82) is 0 Å². The van der Waals surface area contributed by atoms with Gasteiger partial charge in [-0.1, -0.05) is 76.9 Å². The van der Waals surface area contributed by atoms with Crippen LogP contribution in [-0.2, 0) is 19.7 Å². The van der Waals surface area contributed by atoms with Crippen molar-refractivity contribution in [3.05, 3.63) is 19.1 Å². The number of unbranched alkanes of at least 4 members (excludes halogenated alkanes) is 12. The quantitative estimate of drug-likeness (QED) is 0.0919. The Morgan fingerprint density at radius 1 is 0.839 bits per heavy atom. The summed E-state index contributed by atoms with van der Waals surface area (Å²) >= 11 is 0. The molecule has 0 aliphatic carbocycles. The molecular weight excluding hydrogens is 431 g/mol. The molecule has 0 radical (unpaired) electrons. The number of hydrogen-bond acceptors (Lipinski definition) is 4. The number of hydrogen-bond donors (Lipinski definition) is 3. The van der Waals surface area contributed by atoms with Crippen molar-refractivity contribution in [2.75, 3.05) is 0 Å². The number of allylic oxidation sites excluding steroid dienone is 2. The summed E-state index contributed by atoms with van der Waals surface area (Å²) in [4.78, 5) is 20.0. The number of carbonyl (C=O) groups is 2. The Balaban J connectivity index is -0.000000528. The maximum absolute atomic E-state index is 10.2. The molecule has 0 aromatic rings. The molecule has 0 heterocycles. The smallest absolute Gasteiger partial charge is 0.481 e. The normalized spacial score (nSPS) is 12.0. The van der Waals surface area contributed by atoms with E-state index in [1.165, 1.54) is 83.5 Å². The van der Waals surface area contributed by atoms with E-state index < -0.39 is 33.7 Å². The molecule has 31 heavy (non-hydrogen) atoms. The van der Waals surface area contributed by atoms with Gasteiger partial charge in [0.25, 0.3) is 10.1 Å². The van der Waals surface area contributed by atoms with E-state index in [0.29, 0.717) is 0 Å². The first-order chi connectivity index (χ1) is 14.2. The first kappa shape index (κ1) is 35.2. The molecule has 0 saturated carbocycles. The molecule has 0 aromatic carbocycles. The fraction of sp³-hybridized carbons (Fsp3) is 0.773. The van der Waals surface area contributed by atoms with E-state index in [4.69, 9.17) is 14.8 Å². The van der Waals surface area contributed by atoms with E-state index in [1.54, 1.807) is 0 Å². The third-order valence-corrected chi connectivity index (χ3v) is 5.59. The predicted molar refractivity (Wildman–Crippen MR) is 120 cm³/mol. The van der Waals surface area contributed by atoms with Crippen molar-refractivity contribution < 1.29 is 62.3 Å². The van der Waals surface area contributed by atoms with E-state index in [2.05, 4.69) is 26.0 Å². The molecule has 0 aromatic heterocycles. The Kier molecular flexibility index (Phi) is 27.5. The van der Waals surface area contributed by atoms with E-state index in [1.807, 2.05) is 0 Å². The second kappa shape index (κ2) is 24.2. The van der Waals surface area contributed by atoms with Gasteiger partial charge in [-0.15, -0.1) is 0 Å². The van der Waals surface area contributed by atoms with Gasteiger partial charge in [-0.2, -0.15) is 14.8 Å². The van der Waals surface area contributed by atoms with Gasteiger partial charge in [0.2, 0.25) is 0 Å². The van der Waals surface area contributed by atoms with E-state index in [0.717, 1.165) is 6.42 Å². The van der Waals surface area contributed by atoms with Crippen LogP contribution in [0.1, 0.15) is 103 Å². The first-order valence-electron chi connectivity index (χ1n) is 11.0. The molecule has 0 aliphatic heterocycles. The van der Waals surface area contributed by atoms with E-state index in [9.17, 15) is 18.0 Å². The Morgan fingerprint density at radius 2 is 1.26 bits per heavy atom. The van der Waals surface area contributed by atoms with Crippen molar-refractivity contribution >= 4 is 22.1 Å². The third kappa shape index (κ3) is 27.6. The fourth-order valence-corrected chi connectivity index (χ4v) is 3.33. The van der Waals surface area contributed by atoms with Crippen LogP contribution in [0.2, 0.25) is 0 Å². The molecule has 0 aliphatic rings. The van der Waals surface area contributed by atoms with Gasteiger partial charge in [0.1, 0.15) is 0 Å². The summed E-state index contributed by atoms with van der Waals surface area (Å²) in [6.45, 7) is 6.15. The summed E-state index contributed by atoms with van der Waals surface area (Å²) < 4.78 is 28.7. The topological polar surface area (TPSA) is 129 Å². The van der Waals surface area contributed by atoms with E-state index in [-0.39, 0.29) is 29.6 Å². The molecule has 9 heteroatoms. The zero-order valence-electron chi connectivity index (χ0n) is 19.4. The molecule has 178 valence electrons. The summed E-state index contributed by atoms with van der Waals surface area (Å²) in [5, 5.41) is 13.9. The summed E-state index contributed by atoms with van der Waals surface area (Å²) in [5.74, 6) is -3.50. The molecule has 0 rings (SSSR count). The van der Waals surface area contributed by atoms with Crippen LogP contribution in [0.3, 0.4) is 0 Å². The zero-order chi connectivity index (χ0) is 23.3. The largest absolute Gasteiger partial charge is 1.00 e.